The average molecular weight is 497 g/mol. The van der Waals surface area contributed by atoms with Crippen molar-refractivity contribution < 1.29 is 57.5 Å². The molecule has 1 aromatic carbocycles. The first-order valence-corrected chi connectivity index (χ1v) is 10.4. The minimum absolute atomic E-state index is 0.0385. The molecule has 1 saturated heterocycles. The summed E-state index contributed by atoms with van der Waals surface area (Å²) in [6.07, 6.45) is -5.11. The molecule has 0 bridgehead atoms. The minimum atomic E-state index is -1.37. The number of aromatic carboxylic acids is 1. The number of carbonyl (C=O) groups excluding carboxylic acids is 4. The molecule has 1 fully saturated rings. The molecule has 192 valence electrons. The van der Waals surface area contributed by atoms with Gasteiger partial charge in [-0.3, -0.25) is 19.2 Å². The predicted octanol–water partition coefficient (Wildman–Crippen LogP) is 0.428. The summed E-state index contributed by atoms with van der Waals surface area (Å²) in [6, 6.07) is 2.60. The summed E-state index contributed by atoms with van der Waals surface area (Å²) in [5.74, 6) is -3.80. The largest absolute Gasteiger partial charge is 0.493 e. The van der Waals surface area contributed by atoms with Gasteiger partial charge in [0.05, 0.1) is 12.7 Å². The van der Waals surface area contributed by atoms with Crippen LogP contribution in [0.2, 0.25) is 0 Å². The number of carbonyl (C=O) groups is 5. The monoisotopic (exact) mass is 497 g/mol. The fourth-order valence-electron chi connectivity index (χ4n) is 3.41. The van der Waals surface area contributed by atoms with Gasteiger partial charge in [-0.05, 0) is 18.2 Å². The summed E-state index contributed by atoms with van der Waals surface area (Å²) in [4.78, 5) is 58.4. The van der Waals surface area contributed by atoms with Crippen molar-refractivity contribution in [3.05, 3.63) is 23.8 Å². The highest BCUT2D eigenvalue weighted by Gasteiger charge is 2.52. The Morgan fingerprint density at radius 1 is 0.943 bits per heavy atom. The van der Waals surface area contributed by atoms with Gasteiger partial charge in [0.25, 0.3) is 0 Å². The third-order valence-electron chi connectivity index (χ3n) is 4.72. The maximum Gasteiger partial charge on any atom is 0.335 e. The molecule has 5 atom stereocenters. The molecule has 0 radical (unpaired) electrons. The Labute approximate surface area is 200 Å². The van der Waals surface area contributed by atoms with Crippen LogP contribution in [0.5, 0.6) is 11.5 Å². The van der Waals surface area contributed by atoms with Gasteiger partial charge in [-0.15, -0.1) is 0 Å². The van der Waals surface area contributed by atoms with Crippen LogP contribution in [-0.4, -0.2) is 79.3 Å². The summed E-state index contributed by atoms with van der Waals surface area (Å²) in [6.45, 7) is 4.22. The Bertz CT molecular complexity index is 977. The van der Waals surface area contributed by atoms with Gasteiger partial charge in [-0.1, -0.05) is 0 Å². The van der Waals surface area contributed by atoms with Crippen LogP contribution in [-0.2, 0) is 38.1 Å². The number of amides is 1. The van der Waals surface area contributed by atoms with Crippen molar-refractivity contribution in [2.75, 3.05) is 13.7 Å². The van der Waals surface area contributed by atoms with Crippen molar-refractivity contribution in [1.29, 1.82) is 0 Å². The van der Waals surface area contributed by atoms with E-state index < -0.39 is 67.0 Å². The normalized spacial score (nSPS) is 23.4. The Kier molecular flexibility index (Phi) is 9.40. The molecule has 1 aliphatic heterocycles. The van der Waals surface area contributed by atoms with E-state index in [1.165, 1.54) is 32.2 Å². The molecule has 35 heavy (non-hydrogen) atoms. The maximum absolute atomic E-state index is 12.0. The quantitative estimate of drug-likeness (QED) is 0.356. The zero-order valence-corrected chi connectivity index (χ0v) is 19.8. The van der Waals surface area contributed by atoms with E-state index in [0.29, 0.717) is 0 Å². The molecule has 1 aromatic rings. The molecule has 0 unspecified atom stereocenters. The van der Waals surface area contributed by atoms with Gasteiger partial charge < -0.3 is 38.8 Å². The Balaban J connectivity index is 2.52. The van der Waals surface area contributed by atoms with Gasteiger partial charge in [0.2, 0.25) is 12.2 Å². The topological polar surface area (TPSA) is 173 Å². The lowest BCUT2D eigenvalue weighted by Crippen LogP contribution is -2.67. The second-order valence-corrected chi connectivity index (χ2v) is 7.51. The highest BCUT2D eigenvalue weighted by atomic mass is 16.7. The van der Waals surface area contributed by atoms with Crippen LogP contribution in [0.25, 0.3) is 0 Å². The third-order valence-corrected chi connectivity index (χ3v) is 4.72. The zero-order valence-electron chi connectivity index (χ0n) is 19.8. The SMILES string of the molecule is COc1cc(C(=O)O)ccc1O[C@H]1O[C@@H](COC(C)=O)[C@@H](OC(C)=O)[C@@H](OC(C)=O)[C@@H]1NC(C)=O. The lowest BCUT2D eigenvalue weighted by Gasteiger charge is -2.44. The first-order chi connectivity index (χ1) is 16.4. The first-order valence-electron chi connectivity index (χ1n) is 10.4. The van der Waals surface area contributed by atoms with E-state index in [-0.39, 0.29) is 17.1 Å². The molecule has 0 saturated carbocycles. The fraction of sp³-hybridized carbons (Fsp3) is 0.500. The summed E-state index contributed by atoms with van der Waals surface area (Å²) in [5.41, 5.74) is -0.0716. The molecule has 1 aliphatic rings. The van der Waals surface area contributed by atoms with Crippen molar-refractivity contribution in [3.63, 3.8) is 0 Å². The molecule has 0 aliphatic carbocycles. The molecule has 13 heteroatoms. The van der Waals surface area contributed by atoms with Crippen LogP contribution in [0.1, 0.15) is 38.1 Å². The van der Waals surface area contributed by atoms with E-state index >= 15 is 0 Å². The minimum Gasteiger partial charge on any atom is -0.493 e. The molecular formula is C22H27NO12. The number of nitrogens with one attached hydrogen (secondary N) is 1. The smallest absolute Gasteiger partial charge is 0.335 e. The van der Waals surface area contributed by atoms with E-state index in [1.54, 1.807) is 0 Å². The van der Waals surface area contributed by atoms with E-state index in [4.69, 9.17) is 28.4 Å². The van der Waals surface area contributed by atoms with Crippen LogP contribution in [0.15, 0.2) is 18.2 Å². The van der Waals surface area contributed by atoms with Crippen molar-refractivity contribution in [3.8, 4) is 11.5 Å². The molecular weight excluding hydrogens is 470 g/mol. The molecule has 2 rings (SSSR count). The number of benzene rings is 1. The molecule has 2 N–H and O–H groups in total. The van der Waals surface area contributed by atoms with Crippen LogP contribution >= 0.6 is 0 Å². The number of rotatable bonds is 9. The number of carboxylic acids is 1. The van der Waals surface area contributed by atoms with Gasteiger partial charge in [-0.25, -0.2) is 4.79 Å². The number of esters is 3. The number of ether oxygens (including phenoxy) is 6. The standard InChI is InChI=1S/C22H27NO12/c1-10(24)23-18-20(33-13(4)27)19(32-12(3)26)17(9-31-11(2)25)35-22(18)34-15-7-6-14(21(28)29)8-16(15)30-5/h6-8,17-20,22H,9H2,1-5H3,(H,23,24)(H,28,29)/t17-,18-,19+,20-,22-/m0/s1. The second-order valence-electron chi connectivity index (χ2n) is 7.51. The van der Waals surface area contributed by atoms with Crippen molar-refractivity contribution in [2.24, 2.45) is 0 Å². The first kappa shape index (κ1) is 27.4. The van der Waals surface area contributed by atoms with Gasteiger partial charge in [-0.2, -0.15) is 0 Å². The van der Waals surface area contributed by atoms with E-state index in [9.17, 15) is 29.1 Å². The summed E-state index contributed by atoms with van der Waals surface area (Å²) in [5, 5.41) is 11.8. The van der Waals surface area contributed by atoms with E-state index in [1.807, 2.05) is 0 Å². The molecule has 1 heterocycles. The molecule has 0 spiro atoms. The van der Waals surface area contributed by atoms with E-state index in [2.05, 4.69) is 5.32 Å². The van der Waals surface area contributed by atoms with Gasteiger partial charge >= 0.3 is 23.9 Å². The molecule has 13 nitrogen and oxygen atoms in total. The summed E-state index contributed by atoms with van der Waals surface area (Å²) >= 11 is 0. The number of hydrogen-bond acceptors (Lipinski definition) is 11. The molecule has 0 aromatic heterocycles. The van der Waals surface area contributed by atoms with Gasteiger partial charge in [0.15, 0.2) is 23.7 Å². The lowest BCUT2D eigenvalue weighted by atomic mass is 9.96. The Hall–Kier alpha value is -3.87. The number of hydrogen-bond donors (Lipinski definition) is 2. The fourth-order valence-corrected chi connectivity index (χ4v) is 3.41. The number of methoxy groups -OCH3 is 1. The summed E-state index contributed by atoms with van der Waals surface area (Å²) in [7, 11) is 1.29. The maximum atomic E-state index is 12.0. The van der Waals surface area contributed by atoms with Crippen LogP contribution in [0, 0.1) is 0 Å². The highest BCUT2D eigenvalue weighted by Crippen LogP contribution is 2.33. The van der Waals surface area contributed by atoms with Crippen molar-refractivity contribution in [2.45, 2.75) is 58.3 Å². The third kappa shape index (κ3) is 7.57. The van der Waals surface area contributed by atoms with Gasteiger partial charge in [0, 0.05) is 27.7 Å². The van der Waals surface area contributed by atoms with Crippen molar-refractivity contribution in [1.82, 2.24) is 5.32 Å². The highest BCUT2D eigenvalue weighted by molar-refractivity contribution is 5.88. The zero-order chi connectivity index (χ0) is 26.3. The summed E-state index contributed by atoms with van der Waals surface area (Å²) < 4.78 is 32.7. The second kappa shape index (κ2) is 12.0. The van der Waals surface area contributed by atoms with Crippen LogP contribution in [0.3, 0.4) is 0 Å². The van der Waals surface area contributed by atoms with Crippen LogP contribution < -0.4 is 14.8 Å². The Morgan fingerprint density at radius 3 is 2.09 bits per heavy atom. The van der Waals surface area contributed by atoms with Crippen LogP contribution in [0.4, 0.5) is 0 Å². The molecule has 1 amide bonds. The number of carboxylic acid groups (broad SMARTS) is 1. The lowest BCUT2D eigenvalue weighted by molar-refractivity contribution is -0.257. The average Bonchev–Trinajstić information content (AvgIpc) is 2.75. The van der Waals surface area contributed by atoms with Crippen molar-refractivity contribution >= 4 is 29.8 Å². The van der Waals surface area contributed by atoms with Gasteiger partial charge in [0.1, 0.15) is 18.8 Å². The van der Waals surface area contributed by atoms with E-state index in [0.717, 1.165) is 20.8 Å². The Morgan fingerprint density at radius 2 is 1.57 bits per heavy atom. The predicted molar refractivity (Wildman–Crippen MR) is 115 cm³/mol.